The molecule has 0 saturated carbocycles. The highest BCUT2D eigenvalue weighted by Gasteiger charge is 2.06. The molecule has 0 radical (unpaired) electrons. The SMILES string of the molecule is COCCCn1c(=O)c(=O)[nH]c2ccccc21. The van der Waals surface area contributed by atoms with E-state index in [0.717, 1.165) is 5.52 Å². The standard InChI is InChI=1S/C12H14N2O3/c1-17-8-4-7-14-10-6-3-2-5-9(10)13-11(15)12(14)16/h2-3,5-6H,4,7-8H2,1H3,(H,13,15). The van der Waals surface area contributed by atoms with Gasteiger partial charge in [-0.1, -0.05) is 12.1 Å². The monoisotopic (exact) mass is 234 g/mol. The Bertz CT molecular complexity index is 627. The van der Waals surface area contributed by atoms with Gasteiger partial charge >= 0.3 is 11.1 Å². The van der Waals surface area contributed by atoms with Gasteiger partial charge in [-0.3, -0.25) is 9.59 Å². The van der Waals surface area contributed by atoms with Crippen LogP contribution in [0, 0.1) is 0 Å². The Hall–Kier alpha value is -1.88. The summed E-state index contributed by atoms with van der Waals surface area (Å²) in [5.74, 6) is 0. The van der Waals surface area contributed by atoms with E-state index in [1.807, 2.05) is 18.2 Å². The Kier molecular flexibility index (Phi) is 3.39. The van der Waals surface area contributed by atoms with Crippen LogP contribution in [-0.4, -0.2) is 23.3 Å². The highest BCUT2D eigenvalue weighted by atomic mass is 16.5. The number of nitrogens with one attached hydrogen (secondary N) is 1. The summed E-state index contributed by atoms with van der Waals surface area (Å²) in [5, 5.41) is 0. The molecule has 5 heteroatoms. The van der Waals surface area contributed by atoms with E-state index in [1.54, 1.807) is 13.2 Å². The molecule has 0 fully saturated rings. The quantitative estimate of drug-likeness (QED) is 0.626. The lowest BCUT2D eigenvalue weighted by atomic mass is 10.3. The minimum atomic E-state index is -0.582. The first-order valence-corrected chi connectivity index (χ1v) is 5.45. The maximum Gasteiger partial charge on any atom is 0.316 e. The lowest BCUT2D eigenvalue weighted by molar-refractivity contribution is 0.190. The number of hydrogen-bond acceptors (Lipinski definition) is 3. The molecular weight excluding hydrogens is 220 g/mol. The fraction of sp³-hybridized carbons (Fsp3) is 0.333. The number of rotatable bonds is 4. The Balaban J connectivity index is 2.54. The molecule has 1 aromatic heterocycles. The Morgan fingerprint density at radius 3 is 2.82 bits per heavy atom. The molecule has 0 bridgehead atoms. The number of nitrogens with zero attached hydrogens (tertiary/aromatic N) is 1. The predicted molar refractivity (Wildman–Crippen MR) is 65.3 cm³/mol. The van der Waals surface area contributed by atoms with Crippen LogP contribution in [0.5, 0.6) is 0 Å². The lowest BCUT2D eigenvalue weighted by Crippen LogP contribution is -2.36. The van der Waals surface area contributed by atoms with Crippen LogP contribution in [0.1, 0.15) is 6.42 Å². The smallest absolute Gasteiger partial charge is 0.316 e. The van der Waals surface area contributed by atoms with Crippen LogP contribution in [0.2, 0.25) is 0 Å². The molecule has 1 aromatic carbocycles. The average molecular weight is 234 g/mol. The van der Waals surface area contributed by atoms with Crippen molar-refractivity contribution in [3.63, 3.8) is 0 Å². The number of para-hydroxylation sites is 2. The fourth-order valence-electron chi connectivity index (χ4n) is 1.81. The normalized spacial score (nSPS) is 10.9. The summed E-state index contributed by atoms with van der Waals surface area (Å²) < 4.78 is 6.44. The van der Waals surface area contributed by atoms with Crippen molar-refractivity contribution in [2.45, 2.75) is 13.0 Å². The second kappa shape index (κ2) is 4.97. The van der Waals surface area contributed by atoms with Crippen LogP contribution in [0.25, 0.3) is 11.0 Å². The fourth-order valence-corrected chi connectivity index (χ4v) is 1.81. The van der Waals surface area contributed by atoms with Crippen molar-refractivity contribution >= 4 is 11.0 Å². The molecule has 90 valence electrons. The molecular formula is C12H14N2O3. The van der Waals surface area contributed by atoms with Crippen molar-refractivity contribution in [2.75, 3.05) is 13.7 Å². The zero-order chi connectivity index (χ0) is 12.3. The number of hydrogen-bond donors (Lipinski definition) is 1. The van der Waals surface area contributed by atoms with Gasteiger partial charge in [0.25, 0.3) is 0 Å². The van der Waals surface area contributed by atoms with Crippen LogP contribution in [-0.2, 0) is 11.3 Å². The van der Waals surface area contributed by atoms with Crippen molar-refractivity contribution in [3.05, 3.63) is 45.0 Å². The minimum absolute atomic E-state index is 0.483. The first-order valence-electron chi connectivity index (χ1n) is 5.45. The second-order valence-corrected chi connectivity index (χ2v) is 3.77. The predicted octanol–water partition coefficient (Wildman–Crippen LogP) is 0.726. The molecule has 17 heavy (non-hydrogen) atoms. The van der Waals surface area contributed by atoms with E-state index in [4.69, 9.17) is 4.74 Å². The molecule has 0 aliphatic rings. The molecule has 0 aliphatic heterocycles. The molecule has 0 spiro atoms. The van der Waals surface area contributed by atoms with Crippen LogP contribution < -0.4 is 11.1 Å². The molecule has 0 aliphatic carbocycles. The molecule has 2 rings (SSSR count). The highest BCUT2D eigenvalue weighted by molar-refractivity contribution is 5.74. The summed E-state index contributed by atoms with van der Waals surface area (Å²) in [5.41, 5.74) is 0.323. The Morgan fingerprint density at radius 1 is 1.29 bits per heavy atom. The first kappa shape index (κ1) is 11.6. The van der Waals surface area contributed by atoms with Crippen molar-refractivity contribution in [3.8, 4) is 0 Å². The molecule has 0 unspecified atom stereocenters. The third-order valence-electron chi connectivity index (χ3n) is 2.61. The number of aromatic nitrogens is 2. The van der Waals surface area contributed by atoms with Gasteiger partial charge < -0.3 is 14.3 Å². The van der Waals surface area contributed by atoms with Crippen LogP contribution in [0.3, 0.4) is 0 Å². The van der Waals surface area contributed by atoms with Crippen molar-refractivity contribution in [1.29, 1.82) is 0 Å². The zero-order valence-corrected chi connectivity index (χ0v) is 9.60. The molecule has 0 amide bonds. The largest absolute Gasteiger partial charge is 0.385 e. The Morgan fingerprint density at radius 2 is 2.06 bits per heavy atom. The van der Waals surface area contributed by atoms with E-state index in [2.05, 4.69) is 4.98 Å². The maximum atomic E-state index is 11.8. The van der Waals surface area contributed by atoms with Crippen LogP contribution in [0.4, 0.5) is 0 Å². The zero-order valence-electron chi connectivity index (χ0n) is 9.60. The second-order valence-electron chi connectivity index (χ2n) is 3.77. The van der Waals surface area contributed by atoms with E-state index in [0.29, 0.717) is 25.1 Å². The van der Waals surface area contributed by atoms with Crippen LogP contribution >= 0.6 is 0 Å². The number of ether oxygens (including phenoxy) is 1. The summed E-state index contributed by atoms with van der Waals surface area (Å²) >= 11 is 0. The number of methoxy groups -OCH3 is 1. The first-order chi connectivity index (χ1) is 8.24. The van der Waals surface area contributed by atoms with E-state index < -0.39 is 11.1 Å². The van der Waals surface area contributed by atoms with Gasteiger partial charge in [0.2, 0.25) is 0 Å². The third-order valence-corrected chi connectivity index (χ3v) is 2.61. The van der Waals surface area contributed by atoms with Crippen LogP contribution in [0.15, 0.2) is 33.9 Å². The Labute approximate surface area is 97.7 Å². The van der Waals surface area contributed by atoms with E-state index in [1.165, 1.54) is 4.57 Å². The van der Waals surface area contributed by atoms with E-state index >= 15 is 0 Å². The van der Waals surface area contributed by atoms with Crippen molar-refractivity contribution in [1.82, 2.24) is 9.55 Å². The average Bonchev–Trinajstić information content (AvgIpc) is 2.34. The molecule has 0 atom stereocenters. The summed E-state index contributed by atoms with van der Waals surface area (Å²) in [7, 11) is 1.61. The summed E-state index contributed by atoms with van der Waals surface area (Å²) in [6.45, 7) is 1.05. The van der Waals surface area contributed by atoms with Gasteiger partial charge in [0.15, 0.2) is 0 Å². The third kappa shape index (κ3) is 2.29. The number of fused-ring (bicyclic) bond motifs is 1. The topological polar surface area (TPSA) is 64.1 Å². The molecule has 2 aromatic rings. The molecule has 5 nitrogen and oxygen atoms in total. The van der Waals surface area contributed by atoms with Crippen molar-refractivity contribution in [2.24, 2.45) is 0 Å². The molecule has 0 saturated heterocycles. The summed E-state index contributed by atoms with van der Waals surface area (Å²) in [4.78, 5) is 25.8. The maximum absolute atomic E-state index is 11.8. The number of H-pyrrole nitrogens is 1. The van der Waals surface area contributed by atoms with Gasteiger partial charge in [-0.25, -0.2) is 0 Å². The number of aryl methyl sites for hydroxylation is 1. The van der Waals surface area contributed by atoms with Gasteiger partial charge in [-0.2, -0.15) is 0 Å². The number of benzene rings is 1. The molecule has 1 heterocycles. The van der Waals surface area contributed by atoms with E-state index in [9.17, 15) is 9.59 Å². The van der Waals surface area contributed by atoms with Gasteiger partial charge in [0.05, 0.1) is 11.0 Å². The summed E-state index contributed by atoms with van der Waals surface area (Å²) in [6, 6.07) is 7.26. The summed E-state index contributed by atoms with van der Waals surface area (Å²) in [6.07, 6.45) is 0.698. The number of aromatic amines is 1. The lowest BCUT2D eigenvalue weighted by Gasteiger charge is -2.08. The van der Waals surface area contributed by atoms with Gasteiger partial charge in [-0.15, -0.1) is 0 Å². The van der Waals surface area contributed by atoms with Gasteiger partial charge in [0.1, 0.15) is 0 Å². The van der Waals surface area contributed by atoms with Gasteiger partial charge in [0, 0.05) is 20.3 Å². The minimum Gasteiger partial charge on any atom is -0.385 e. The van der Waals surface area contributed by atoms with Crippen molar-refractivity contribution < 1.29 is 4.74 Å². The molecule has 1 N–H and O–H groups in total. The highest BCUT2D eigenvalue weighted by Crippen LogP contribution is 2.07. The van der Waals surface area contributed by atoms with E-state index in [-0.39, 0.29) is 0 Å². The van der Waals surface area contributed by atoms with Gasteiger partial charge in [-0.05, 0) is 18.6 Å².